The highest BCUT2D eigenvalue weighted by Gasteiger charge is 2.29. The van der Waals surface area contributed by atoms with Crippen LogP contribution in [0.3, 0.4) is 0 Å². The van der Waals surface area contributed by atoms with Crippen molar-refractivity contribution in [3.63, 3.8) is 0 Å². The fourth-order valence-corrected chi connectivity index (χ4v) is 3.57. The number of aliphatic hydroxyl groups excluding tert-OH is 1. The molecule has 2 rings (SSSR count). The molecule has 104 valence electrons. The van der Waals surface area contributed by atoms with E-state index >= 15 is 0 Å². The molecule has 0 amide bonds. The summed E-state index contributed by atoms with van der Waals surface area (Å²) in [4.78, 5) is 10.8. The number of piperidine rings is 1. The summed E-state index contributed by atoms with van der Waals surface area (Å²) in [7, 11) is -3.66. The Balaban J connectivity index is 2.26. The maximum absolute atomic E-state index is 12.3. The molecule has 1 aromatic carbocycles. The topological polar surface area (TPSA) is 94.9 Å². The molecule has 1 fully saturated rings. The summed E-state index contributed by atoms with van der Waals surface area (Å²) in [6.45, 7) is 0.461. The number of nitrogens with zero attached hydrogens (tertiary/aromatic N) is 1. The third-order valence-corrected chi connectivity index (χ3v) is 4.98. The van der Waals surface area contributed by atoms with Gasteiger partial charge in [0.05, 0.1) is 16.6 Å². The van der Waals surface area contributed by atoms with E-state index < -0.39 is 22.1 Å². The Kier molecular flexibility index (Phi) is 3.88. The van der Waals surface area contributed by atoms with E-state index in [0.29, 0.717) is 19.4 Å². The summed E-state index contributed by atoms with van der Waals surface area (Å²) in [6, 6.07) is 5.07. The van der Waals surface area contributed by atoms with Gasteiger partial charge in [-0.25, -0.2) is 13.2 Å². The standard InChI is InChI=1S/C12H15NO5S/c14-10-2-1-7-13(8-10)19(17,18)11-5-3-9(4-6-11)12(15)16/h3-6,10,14H,1-2,7-8H2,(H,15,16). The zero-order valence-electron chi connectivity index (χ0n) is 10.2. The van der Waals surface area contributed by atoms with E-state index in [9.17, 15) is 18.3 Å². The van der Waals surface area contributed by atoms with Crippen LogP contribution >= 0.6 is 0 Å². The van der Waals surface area contributed by atoms with Gasteiger partial charge < -0.3 is 10.2 Å². The van der Waals surface area contributed by atoms with E-state index in [2.05, 4.69) is 0 Å². The number of carboxylic acids is 1. The summed E-state index contributed by atoms with van der Waals surface area (Å²) < 4.78 is 25.8. The van der Waals surface area contributed by atoms with Gasteiger partial charge in [-0.3, -0.25) is 0 Å². The lowest BCUT2D eigenvalue weighted by atomic mass is 10.1. The molecule has 0 spiro atoms. The molecule has 6 nitrogen and oxygen atoms in total. The van der Waals surface area contributed by atoms with Crippen LogP contribution in [0, 0.1) is 0 Å². The minimum absolute atomic E-state index is 0.0395. The van der Waals surface area contributed by atoms with Crippen molar-refractivity contribution in [2.45, 2.75) is 23.8 Å². The first-order valence-corrected chi connectivity index (χ1v) is 7.37. The number of sulfonamides is 1. The molecular formula is C12H15NO5S. The Morgan fingerprint density at radius 2 is 1.89 bits per heavy atom. The van der Waals surface area contributed by atoms with E-state index in [1.807, 2.05) is 0 Å². The number of aromatic carboxylic acids is 1. The summed E-state index contributed by atoms with van der Waals surface area (Å²) in [6.07, 6.45) is 0.583. The fourth-order valence-electron chi connectivity index (χ4n) is 2.06. The average molecular weight is 285 g/mol. The number of hydrogen-bond donors (Lipinski definition) is 2. The molecule has 2 N–H and O–H groups in total. The van der Waals surface area contributed by atoms with Gasteiger partial charge in [0, 0.05) is 13.1 Å². The normalized spacial score (nSPS) is 21.2. The Morgan fingerprint density at radius 1 is 1.26 bits per heavy atom. The van der Waals surface area contributed by atoms with Crippen LogP contribution in [-0.2, 0) is 10.0 Å². The number of carbonyl (C=O) groups is 1. The molecule has 19 heavy (non-hydrogen) atoms. The molecule has 0 aliphatic carbocycles. The second-order valence-electron chi connectivity index (χ2n) is 4.49. The van der Waals surface area contributed by atoms with Gasteiger partial charge in [-0.05, 0) is 37.1 Å². The van der Waals surface area contributed by atoms with Crippen molar-refractivity contribution in [3.05, 3.63) is 29.8 Å². The van der Waals surface area contributed by atoms with Crippen molar-refractivity contribution >= 4 is 16.0 Å². The van der Waals surface area contributed by atoms with Crippen LogP contribution in [0.1, 0.15) is 23.2 Å². The van der Waals surface area contributed by atoms with Gasteiger partial charge in [-0.1, -0.05) is 0 Å². The van der Waals surface area contributed by atoms with Crippen LogP contribution in [0.5, 0.6) is 0 Å². The second kappa shape index (κ2) is 5.28. The van der Waals surface area contributed by atoms with E-state index in [1.54, 1.807) is 0 Å². The van der Waals surface area contributed by atoms with E-state index in [-0.39, 0.29) is 17.0 Å². The number of rotatable bonds is 3. The quantitative estimate of drug-likeness (QED) is 0.844. The number of hydrogen-bond acceptors (Lipinski definition) is 4. The van der Waals surface area contributed by atoms with Gasteiger partial charge in [0.1, 0.15) is 0 Å². The predicted octanol–water partition coefficient (Wildman–Crippen LogP) is 0.530. The second-order valence-corrected chi connectivity index (χ2v) is 6.43. The molecule has 1 atom stereocenters. The van der Waals surface area contributed by atoms with Crippen molar-refractivity contribution in [1.82, 2.24) is 4.31 Å². The minimum atomic E-state index is -3.66. The third-order valence-electron chi connectivity index (χ3n) is 3.10. The van der Waals surface area contributed by atoms with E-state index in [1.165, 1.54) is 28.6 Å². The molecular weight excluding hydrogens is 270 g/mol. The Hall–Kier alpha value is -1.44. The molecule has 1 aliphatic heterocycles. The van der Waals surface area contributed by atoms with Gasteiger partial charge in [0.2, 0.25) is 10.0 Å². The van der Waals surface area contributed by atoms with Gasteiger partial charge in [-0.15, -0.1) is 0 Å². The van der Waals surface area contributed by atoms with Crippen LogP contribution in [0.4, 0.5) is 0 Å². The van der Waals surface area contributed by atoms with Crippen LogP contribution in [-0.4, -0.2) is 48.1 Å². The maximum atomic E-state index is 12.3. The summed E-state index contributed by atoms with van der Waals surface area (Å²) in [5.41, 5.74) is 0.0395. The largest absolute Gasteiger partial charge is 0.478 e. The number of β-amino-alcohol motifs (C(OH)–C–C–N with tert-alkyl or cyclic N) is 1. The highest BCUT2D eigenvalue weighted by molar-refractivity contribution is 7.89. The summed E-state index contributed by atoms with van der Waals surface area (Å²) in [5, 5.41) is 18.3. The first-order valence-electron chi connectivity index (χ1n) is 5.93. The summed E-state index contributed by atoms with van der Waals surface area (Å²) >= 11 is 0. The van der Waals surface area contributed by atoms with Crippen molar-refractivity contribution in [1.29, 1.82) is 0 Å². The van der Waals surface area contributed by atoms with Crippen molar-refractivity contribution in [2.24, 2.45) is 0 Å². The van der Waals surface area contributed by atoms with Crippen molar-refractivity contribution < 1.29 is 23.4 Å². The highest BCUT2D eigenvalue weighted by atomic mass is 32.2. The molecule has 0 radical (unpaired) electrons. The lowest BCUT2D eigenvalue weighted by Gasteiger charge is -2.29. The lowest BCUT2D eigenvalue weighted by molar-refractivity contribution is 0.0696. The van der Waals surface area contributed by atoms with Crippen LogP contribution in [0.15, 0.2) is 29.2 Å². The van der Waals surface area contributed by atoms with E-state index in [0.717, 1.165) is 0 Å². The first kappa shape index (κ1) is 14.0. The first-order chi connectivity index (χ1) is 8.91. The van der Waals surface area contributed by atoms with E-state index in [4.69, 9.17) is 5.11 Å². The monoisotopic (exact) mass is 285 g/mol. The van der Waals surface area contributed by atoms with Crippen LogP contribution in [0.25, 0.3) is 0 Å². The van der Waals surface area contributed by atoms with Gasteiger partial charge in [0.25, 0.3) is 0 Å². The predicted molar refractivity (Wildman–Crippen MR) is 67.4 cm³/mol. The van der Waals surface area contributed by atoms with Gasteiger partial charge >= 0.3 is 5.97 Å². The SMILES string of the molecule is O=C(O)c1ccc(S(=O)(=O)N2CCCC(O)C2)cc1. The molecule has 1 unspecified atom stereocenters. The van der Waals surface area contributed by atoms with Crippen molar-refractivity contribution in [3.8, 4) is 0 Å². The number of benzene rings is 1. The third kappa shape index (κ3) is 2.94. The molecule has 1 aliphatic rings. The zero-order valence-corrected chi connectivity index (χ0v) is 11.0. The Labute approximate surface area is 111 Å². The molecule has 1 aromatic rings. The highest BCUT2D eigenvalue weighted by Crippen LogP contribution is 2.21. The molecule has 1 heterocycles. The fraction of sp³-hybridized carbons (Fsp3) is 0.417. The molecule has 0 aromatic heterocycles. The van der Waals surface area contributed by atoms with Crippen molar-refractivity contribution in [2.75, 3.05) is 13.1 Å². The molecule has 0 bridgehead atoms. The Morgan fingerprint density at radius 3 is 2.42 bits per heavy atom. The molecule has 7 heteroatoms. The average Bonchev–Trinajstić information content (AvgIpc) is 2.39. The minimum Gasteiger partial charge on any atom is -0.478 e. The molecule has 0 saturated carbocycles. The summed E-state index contributed by atoms with van der Waals surface area (Å²) in [5.74, 6) is -1.10. The number of carboxylic acid groups (broad SMARTS) is 1. The Bertz CT molecular complexity index is 566. The van der Waals surface area contributed by atoms with Crippen LogP contribution < -0.4 is 0 Å². The lowest BCUT2D eigenvalue weighted by Crippen LogP contribution is -2.42. The number of aliphatic hydroxyl groups is 1. The van der Waals surface area contributed by atoms with Gasteiger partial charge in [-0.2, -0.15) is 4.31 Å². The van der Waals surface area contributed by atoms with Crippen LogP contribution in [0.2, 0.25) is 0 Å². The van der Waals surface area contributed by atoms with Gasteiger partial charge in [0.15, 0.2) is 0 Å². The zero-order chi connectivity index (χ0) is 14.0. The molecule has 1 saturated heterocycles. The smallest absolute Gasteiger partial charge is 0.335 e. The maximum Gasteiger partial charge on any atom is 0.335 e.